The highest BCUT2D eigenvalue weighted by Gasteiger charge is 2.41. The molecular weight excluding hydrogens is 492 g/mol. The summed E-state index contributed by atoms with van der Waals surface area (Å²) in [6.45, 7) is 1.89. The molecule has 1 heterocycles. The molecule has 0 unspecified atom stereocenters. The lowest BCUT2D eigenvalue weighted by Gasteiger charge is -2.37. The zero-order valence-corrected chi connectivity index (χ0v) is 22.5. The highest BCUT2D eigenvalue weighted by molar-refractivity contribution is 6.10. The standard InChI is InChI=1S/C32H32N2O5/c1-19-29(32(36)34-23-12-8-9-13-26(23)37-2)30(20-10-6-5-7-11-20)31-24(33-19)16-22(17-25(31)35)21-14-15-27(38-3)28(18-21)39-4/h5-15,18,22,30,33H,16-17H2,1-4H3,(H,34,36)/t22-,30+/m1/s1. The van der Waals surface area contributed by atoms with E-state index in [0.29, 0.717) is 46.9 Å². The van der Waals surface area contributed by atoms with Crippen LogP contribution in [-0.4, -0.2) is 33.0 Å². The molecular formula is C32H32N2O5. The fourth-order valence-electron chi connectivity index (χ4n) is 5.60. The topological polar surface area (TPSA) is 85.9 Å². The summed E-state index contributed by atoms with van der Waals surface area (Å²) >= 11 is 0. The van der Waals surface area contributed by atoms with Crippen LogP contribution in [0.3, 0.4) is 0 Å². The number of rotatable bonds is 7. The van der Waals surface area contributed by atoms with E-state index in [9.17, 15) is 9.59 Å². The molecule has 2 N–H and O–H groups in total. The average molecular weight is 525 g/mol. The van der Waals surface area contributed by atoms with E-state index in [1.165, 1.54) is 0 Å². The molecule has 0 aromatic heterocycles. The molecule has 1 aliphatic carbocycles. The lowest BCUT2D eigenvalue weighted by atomic mass is 9.71. The molecule has 2 atom stereocenters. The zero-order chi connectivity index (χ0) is 27.5. The molecule has 0 spiro atoms. The first-order valence-electron chi connectivity index (χ1n) is 12.9. The summed E-state index contributed by atoms with van der Waals surface area (Å²) in [6, 6.07) is 22.8. The smallest absolute Gasteiger partial charge is 0.254 e. The summed E-state index contributed by atoms with van der Waals surface area (Å²) in [5.74, 6) is 1.07. The van der Waals surface area contributed by atoms with Gasteiger partial charge in [0, 0.05) is 34.9 Å². The van der Waals surface area contributed by atoms with E-state index in [0.717, 1.165) is 22.5 Å². The fourth-order valence-corrected chi connectivity index (χ4v) is 5.60. The van der Waals surface area contributed by atoms with Crippen molar-refractivity contribution in [3.63, 3.8) is 0 Å². The summed E-state index contributed by atoms with van der Waals surface area (Å²) < 4.78 is 16.3. The quantitative estimate of drug-likeness (QED) is 0.412. The Morgan fingerprint density at radius 1 is 0.821 bits per heavy atom. The maximum absolute atomic E-state index is 13.9. The van der Waals surface area contributed by atoms with Crippen molar-refractivity contribution in [1.29, 1.82) is 0 Å². The largest absolute Gasteiger partial charge is 0.495 e. The molecule has 3 aromatic rings. The Morgan fingerprint density at radius 3 is 2.23 bits per heavy atom. The van der Waals surface area contributed by atoms with E-state index >= 15 is 0 Å². The number of ketones is 1. The van der Waals surface area contributed by atoms with Crippen molar-refractivity contribution in [1.82, 2.24) is 5.32 Å². The van der Waals surface area contributed by atoms with Crippen LogP contribution in [0.2, 0.25) is 0 Å². The van der Waals surface area contributed by atoms with Crippen LogP contribution in [0, 0.1) is 0 Å². The number of hydrogen-bond acceptors (Lipinski definition) is 6. The minimum absolute atomic E-state index is 0.0208. The predicted octanol–water partition coefficient (Wildman–Crippen LogP) is 5.71. The first-order valence-corrected chi connectivity index (χ1v) is 12.9. The van der Waals surface area contributed by atoms with Gasteiger partial charge in [-0.1, -0.05) is 48.5 Å². The maximum atomic E-state index is 13.9. The SMILES string of the molecule is COc1ccccc1NC(=O)C1=C(C)NC2=C(C(=O)C[C@H](c3ccc(OC)c(OC)c3)C2)[C@H]1c1ccccc1. The number of Topliss-reactive ketones (excluding diaryl/α,β-unsaturated/α-hetero) is 1. The third-order valence-corrected chi connectivity index (χ3v) is 7.44. The number of anilines is 1. The lowest BCUT2D eigenvalue weighted by Crippen LogP contribution is -2.37. The molecule has 5 rings (SSSR count). The van der Waals surface area contributed by atoms with Crippen molar-refractivity contribution in [2.24, 2.45) is 0 Å². The van der Waals surface area contributed by atoms with Gasteiger partial charge in [0.15, 0.2) is 17.3 Å². The number of dihydropyridines is 1. The van der Waals surface area contributed by atoms with E-state index in [1.54, 1.807) is 33.5 Å². The molecule has 2 aliphatic rings. The number of ether oxygens (including phenoxy) is 3. The van der Waals surface area contributed by atoms with Crippen LogP contribution >= 0.6 is 0 Å². The molecule has 200 valence electrons. The predicted molar refractivity (Wildman–Crippen MR) is 150 cm³/mol. The molecule has 1 amide bonds. The molecule has 3 aromatic carbocycles. The Balaban J connectivity index is 1.53. The van der Waals surface area contributed by atoms with Crippen LogP contribution in [-0.2, 0) is 9.59 Å². The van der Waals surface area contributed by atoms with E-state index in [1.807, 2.05) is 67.6 Å². The highest BCUT2D eigenvalue weighted by atomic mass is 16.5. The van der Waals surface area contributed by atoms with Crippen molar-refractivity contribution >= 4 is 17.4 Å². The second-order valence-corrected chi connectivity index (χ2v) is 9.70. The Bertz CT molecular complexity index is 1470. The van der Waals surface area contributed by atoms with Crippen molar-refractivity contribution in [2.45, 2.75) is 31.6 Å². The van der Waals surface area contributed by atoms with Gasteiger partial charge in [0.1, 0.15) is 5.75 Å². The Labute approximate surface area is 228 Å². The van der Waals surface area contributed by atoms with Gasteiger partial charge in [0.2, 0.25) is 0 Å². The van der Waals surface area contributed by atoms with Crippen LogP contribution in [0.1, 0.15) is 42.7 Å². The summed E-state index contributed by atoms with van der Waals surface area (Å²) in [5.41, 5.74) is 5.21. The number of para-hydroxylation sites is 2. The van der Waals surface area contributed by atoms with Crippen LogP contribution < -0.4 is 24.8 Å². The van der Waals surface area contributed by atoms with E-state index < -0.39 is 5.92 Å². The van der Waals surface area contributed by atoms with Gasteiger partial charge < -0.3 is 24.8 Å². The van der Waals surface area contributed by atoms with E-state index in [-0.39, 0.29) is 17.6 Å². The molecule has 0 fully saturated rings. The van der Waals surface area contributed by atoms with Gasteiger partial charge in [-0.15, -0.1) is 0 Å². The second kappa shape index (κ2) is 11.1. The van der Waals surface area contributed by atoms with Crippen LogP contribution in [0.15, 0.2) is 95.3 Å². The van der Waals surface area contributed by atoms with Gasteiger partial charge in [-0.3, -0.25) is 9.59 Å². The lowest BCUT2D eigenvalue weighted by molar-refractivity contribution is -0.116. The Kier molecular flexibility index (Phi) is 7.41. The summed E-state index contributed by atoms with van der Waals surface area (Å²) in [7, 11) is 4.77. The summed E-state index contributed by atoms with van der Waals surface area (Å²) in [6.07, 6.45) is 0.971. The molecule has 1 aliphatic heterocycles. The van der Waals surface area contributed by atoms with Crippen LogP contribution in [0.25, 0.3) is 0 Å². The fraction of sp³-hybridized carbons (Fsp3) is 0.250. The molecule has 0 bridgehead atoms. The van der Waals surface area contributed by atoms with Crippen molar-refractivity contribution < 1.29 is 23.8 Å². The summed E-state index contributed by atoms with van der Waals surface area (Å²) in [5, 5.41) is 6.44. The third-order valence-electron chi connectivity index (χ3n) is 7.44. The van der Waals surface area contributed by atoms with E-state index in [4.69, 9.17) is 14.2 Å². The van der Waals surface area contributed by atoms with Gasteiger partial charge in [-0.05, 0) is 54.7 Å². The minimum Gasteiger partial charge on any atom is -0.495 e. The zero-order valence-electron chi connectivity index (χ0n) is 22.5. The molecule has 0 saturated carbocycles. The molecule has 0 saturated heterocycles. The van der Waals surface area contributed by atoms with Gasteiger partial charge in [0.25, 0.3) is 5.91 Å². The van der Waals surface area contributed by atoms with Crippen molar-refractivity contribution in [3.05, 3.63) is 106 Å². The normalized spacial score (nSPS) is 18.7. The number of benzene rings is 3. The van der Waals surface area contributed by atoms with Crippen LogP contribution in [0.4, 0.5) is 5.69 Å². The Morgan fingerprint density at radius 2 is 1.51 bits per heavy atom. The number of amides is 1. The maximum Gasteiger partial charge on any atom is 0.254 e. The van der Waals surface area contributed by atoms with Gasteiger partial charge in [-0.2, -0.15) is 0 Å². The van der Waals surface area contributed by atoms with Crippen LogP contribution in [0.5, 0.6) is 17.2 Å². The molecule has 7 heteroatoms. The second-order valence-electron chi connectivity index (χ2n) is 9.70. The minimum atomic E-state index is -0.490. The highest BCUT2D eigenvalue weighted by Crippen LogP contribution is 2.46. The molecule has 7 nitrogen and oxygen atoms in total. The number of nitrogens with one attached hydrogen (secondary N) is 2. The monoisotopic (exact) mass is 524 g/mol. The molecule has 0 radical (unpaired) electrons. The number of carbonyl (C=O) groups excluding carboxylic acids is 2. The van der Waals surface area contributed by atoms with Gasteiger partial charge in [0.05, 0.1) is 27.0 Å². The van der Waals surface area contributed by atoms with Crippen molar-refractivity contribution in [2.75, 3.05) is 26.6 Å². The van der Waals surface area contributed by atoms with Gasteiger partial charge in [-0.25, -0.2) is 0 Å². The Hall–Kier alpha value is -4.52. The van der Waals surface area contributed by atoms with E-state index in [2.05, 4.69) is 10.6 Å². The van der Waals surface area contributed by atoms with Crippen molar-refractivity contribution in [3.8, 4) is 17.2 Å². The third kappa shape index (κ3) is 5.00. The number of allylic oxidation sites excluding steroid dienone is 3. The first-order chi connectivity index (χ1) is 18.9. The number of methoxy groups -OCH3 is 3. The number of carbonyl (C=O) groups is 2. The van der Waals surface area contributed by atoms with Gasteiger partial charge >= 0.3 is 0 Å². The average Bonchev–Trinajstić information content (AvgIpc) is 2.96. The summed E-state index contributed by atoms with van der Waals surface area (Å²) in [4.78, 5) is 27.7. The molecule has 39 heavy (non-hydrogen) atoms. The first kappa shape index (κ1) is 26.1. The number of hydrogen-bond donors (Lipinski definition) is 2.